The van der Waals surface area contributed by atoms with Gasteiger partial charge in [-0.1, -0.05) is 0 Å². The Hall–Kier alpha value is -2.49. The lowest BCUT2D eigenvalue weighted by molar-refractivity contribution is -0.141. The highest BCUT2D eigenvalue weighted by Gasteiger charge is 2.33. The second-order valence-electron chi connectivity index (χ2n) is 6.92. The van der Waals surface area contributed by atoms with Gasteiger partial charge in [0.05, 0.1) is 0 Å². The Bertz CT molecular complexity index is 804. The summed E-state index contributed by atoms with van der Waals surface area (Å²) in [5.41, 5.74) is 0.109. The normalized spacial score (nSPS) is 19.1. The average Bonchev–Trinajstić information content (AvgIpc) is 2.74. The van der Waals surface area contributed by atoms with Gasteiger partial charge in [0.2, 0.25) is 0 Å². The molecule has 0 aliphatic carbocycles. The van der Waals surface area contributed by atoms with E-state index >= 15 is 0 Å². The Balaban J connectivity index is 1.42. The zero-order valence-electron chi connectivity index (χ0n) is 15.3. The van der Waals surface area contributed by atoms with Crippen LogP contribution in [0.1, 0.15) is 30.1 Å². The first kappa shape index (κ1) is 18.9. The van der Waals surface area contributed by atoms with E-state index in [9.17, 15) is 13.2 Å². The van der Waals surface area contributed by atoms with Crippen molar-refractivity contribution in [3.63, 3.8) is 0 Å². The first-order valence-corrected chi connectivity index (χ1v) is 9.29. The highest BCUT2D eigenvalue weighted by Crippen LogP contribution is 2.30. The van der Waals surface area contributed by atoms with Crippen LogP contribution in [0, 0.1) is 0 Å². The molecular weight excluding hydrogens is 373 g/mol. The van der Waals surface area contributed by atoms with Crippen LogP contribution < -0.4 is 9.80 Å². The molecular formula is C18H21F3N6O. The summed E-state index contributed by atoms with van der Waals surface area (Å²) >= 11 is 0. The molecule has 2 aliphatic rings. The minimum absolute atomic E-state index is 0.299. The van der Waals surface area contributed by atoms with Crippen LogP contribution in [0.5, 0.6) is 0 Å². The zero-order valence-corrected chi connectivity index (χ0v) is 15.3. The summed E-state index contributed by atoms with van der Waals surface area (Å²) in [7, 11) is 0. The van der Waals surface area contributed by atoms with E-state index in [0.717, 1.165) is 50.0 Å². The number of hydrogen-bond donors (Lipinski definition) is 0. The predicted molar refractivity (Wildman–Crippen MR) is 96.3 cm³/mol. The first-order valence-electron chi connectivity index (χ1n) is 9.29. The number of alkyl halides is 3. The highest BCUT2D eigenvalue weighted by atomic mass is 19.4. The number of halogens is 3. The molecule has 2 aliphatic heterocycles. The minimum Gasteiger partial charge on any atom is -0.381 e. The van der Waals surface area contributed by atoms with Crippen LogP contribution in [-0.2, 0) is 10.9 Å². The summed E-state index contributed by atoms with van der Waals surface area (Å²) in [5.74, 6) is 1.54. The van der Waals surface area contributed by atoms with Crippen molar-refractivity contribution >= 4 is 11.6 Å². The second-order valence-corrected chi connectivity index (χ2v) is 6.92. The standard InChI is InChI=1S/C18H21F3N6O/c19-18(20,21)15-10-17(25-12-23-15)27-5-3-26(4-6-27)16-9-14(22-11-24-16)13-1-7-28-8-2-13/h9-13H,1-8H2. The highest BCUT2D eigenvalue weighted by molar-refractivity contribution is 5.45. The zero-order chi connectivity index (χ0) is 19.6. The quantitative estimate of drug-likeness (QED) is 0.792. The van der Waals surface area contributed by atoms with Crippen molar-refractivity contribution in [1.82, 2.24) is 19.9 Å². The summed E-state index contributed by atoms with van der Waals surface area (Å²) in [6.45, 7) is 3.92. The Morgan fingerprint density at radius 2 is 1.39 bits per heavy atom. The van der Waals surface area contributed by atoms with E-state index in [-0.39, 0.29) is 0 Å². The van der Waals surface area contributed by atoms with Gasteiger partial charge in [0.1, 0.15) is 30.0 Å². The molecule has 10 heteroatoms. The van der Waals surface area contributed by atoms with Gasteiger partial charge in [0.15, 0.2) is 0 Å². The second kappa shape index (κ2) is 7.86. The molecule has 0 spiro atoms. The van der Waals surface area contributed by atoms with Gasteiger partial charge in [-0.05, 0) is 12.8 Å². The summed E-state index contributed by atoms with van der Waals surface area (Å²) in [6.07, 6.45) is 0.00163. The molecule has 2 aromatic rings. The Morgan fingerprint density at radius 1 is 0.821 bits per heavy atom. The van der Waals surface area contributed by atoms with Gasteiger partial charge < -0.3 is 14.5 Å². The van der Waals surface area contributed by atoms with Gasteiger partial charge in [0.25, 0.3) is 0 Å². The van der Waals surface area contributed by atoms with Crippen LogP contribution in [0.25, 0.3) is 0 Å². The van der Waals surface area contributed by atoms with Crippen LogP contribution in [0.3, 0.4) is 0 Å². The van der Waals surface area contributed by atoms with Crippen molar-refractivity contribution in [3.05, 3.63) is 36.2 Å². The molecule has 0 unspecified atom stereocenters. The third-order valence-electron chi connectivity index (χ3n) is 5.18. The Kier molecular flexibility index (Phi) is 5.29. The topological polar surface area (TPSA) is 67.3 Å². The summed E-state index contributed by atoms with van der Waals surface area (Å²) in [4.78, 5) is 20.1. The van der Waals surface area contributed by atoms with Gasteiger partial charge in [-0.15, -0.1) is 0 Å². The molecule has 4 rings (SSSR count). The number of rotatable bonds is 3. The smallest absolute Gasteiger partial charge is 0.381 e. The van der Waals surface area contributed by atoms with Crippen molar-refractivity contribution < 1.29 is 17.9 Å². The number of anilines is 2. The maximum Gasteiger partial charge on any atom is 0.433 e. The van der Waals surface area contributed by atoms with Crippen LogP contribution in [0.4, 0.5) is 24.8 Å². The number of ether oxygens (including phenoxy) is 1. The fraction of sp³-hybridized carbons (Fsp3) is 0.556. The minimum atomic E-state index is -4.47. The van der Waals surface area contributed by atoms with E-state index in [4.69, 9.17) is 4.74 Å². The lowest BCUT2D eigenvalue weighted by Gasteiger charge is -2.36. The van der Waals surface area contributed by atoms with Gasteiger partial charge in [-0.25, -0.2) is 19.9 Å². The lowest BCUT2D eigenvalue weighted by atomic mass is 9.96. The molecule has 0 atom stereocenters. The van der Waals surface area contributed by atoms with Crippen molar-refractivity contribution in [2.75, 3.05) is 49.2 Å². The van der Waals surface area contributed by atoms with Crippen molar-refractivity contribution in [1.29, 1.82) is 0 Å². The van der Waals surface area contributed by atoms with Crippen molar-refractivity contribution in [2.24, 2.45) is 0 Å². The van der Waals surface area contributed by atoms with Gasteiger partial charge in [0, 0.05) is 63.1 Å². The number of nitrogens with zero attached hydrogens (tertiary/aromatic N) is 6. The summed E-state index contributed by atoms with van der Waals surface area (Å²) in [5, 5.41) is 0. The third kappa shape index (κ3) is 4.16. The van der Waals surface area contributed by atoms with Crippen LogP contribution in [0.2, 0.25) is 0 Å². The monoisotopic (exact) mass is 394 g/mol. The van der Waals surface area contributed by atoms with E-state index in [0.29, 0.717) is 37.9 Å². The van der Waals surface area contributed by atoms with E-state index in [1.165, 1.54) is 0 Å². The maximum absolute atomic E-state index is 12.9. The van der Waals surface area contributed by atoms with Gasteiger partial charge in [-0.2, -0.15) is 13.2 Å². The molecule has 4 heterocycles. The molecule has 2 saturated heterocycles. The van der Waals surface area contributed by atoms with E-state index in [1.807, 2.05) is 11.0 Å². The molecule has 0 amide bonds. The van der Waals surface area contributed by atoms with Gasteiger partial charge in [-0.3, -0.25) is 0 Å². The molecule has 0 radical (unpaired) electrons. The number of hydrogen-bond acceptors (Lipinski definition) is 7. The fourth-order valence-corrected chi connectivity index (χ4v) is 3.59. The number of aromatic nitrogens is 4. The summed E-state index contributed by atoms with van der Waals surface area (Å²) in [6, 6.07) is 3.03. The summed E-state index contributed by atoms with van der Waals surface area (Å²) < 4.78 is 44.0. The van der Waals surface area contributed by atoms with E-state index < -0.39 is 11.9 Å². The fourth-order valence-electron chi connectivity index (χ4n) is 3.59. The average molecular weight is 394 g/mol. The van der Waals surface area contributed by atoms with E-state index in [1.54, 1.807) is 6.33 Å². The molecule has 7 nitrogen and oxygen atoms in total. The molecule has 0 aromatic carbocycles. The van der Waals surface area contributed by atoms with Crippen molar-refractivity contribution in [3.8, 4) is 0 Å². The van der Waals surface area contributed by atoms with Gasteiger partial charge >= 0.3 is 6.18 Å². The molecule has 0 N–H and O–H groups in total. The molecule has 28 heavy (non-hydrogen) atoms. The molecule has 150 valence electrons. The third-order valence-corrected chi connectivity index (χ3v) is 5.18. The molecule has 0 bridgehead atoms. The largest absolute Gasteiger partial charge is 0.433 e. The van der Waals surface area contributed by atoms with Crippen molar-refractivity contribution in [2.45, 2.75) is 24.9 Å². The molecule has 2 fully saturated rings. The maximum atomic E-state index is 12.9. The Labute approximate surface area is 160 Å². The lowest BCUT2D eigenvalue weighted by Crippen LogP contribution is -2.47. The predicted octanol–water partition coefficient (Wildman–Crippen LogP) is 2.51. The van der Waals surface area contributed by atoms with Crippen LogP contribution in [-0.4, -0.2) is 59.3 Å². The molecule has 2 aromatic heterocycles. The number of piperazine rings is 1. The Morgan fingerprint density at radius 3 is 2.00 bits per heavy atom. The first-order chi connectivity index (χ1) is 13.5. The molecule has 0 saturated carbocycles. The SMILES string of the molecule is FC(F)(F)c1cc(N2CCN(c3cc(C4CCOCC4)ncn3)CC2)ncn1. The van der Waals surface area contributed by atoms with E-state index in [2.05, 4.69) is 24.8 Å². The van der Waals surface area contributed by atoms with Crippen LogP contribution in [0.15, 0.2) is 24.8 Å². The van der Waals surface area contributed by atoms with Crippen LogP contribution >= 0.6 is 0 Å².